The van der Waals surface area contributed by atoms with E-state index in [1.807, 2.05) is 17.0 Å². The molecule has 3 rings (SSSR count). The Hall–Kier alpha value is -1.88. The van der Waals surface area contributed by atoms with Gasteiger partial charge in [-0.15, -0.1) is 0 Å². The number of carbonyl (C=O) groups excluding carboxylic acids is 2. The third kappa shape index (κ3) is 2.61. The van der Waals surface area contributed by atoms with Gasteiger partial charge >= 0.3 is 0 Å². The van der Waals surface area contributed by atoms with Crippen LogP contribution in [0.4, 0.5) is 0 Å². The van der Waals surface area contributed by atoms with Crippen LogP contribution in [0.5, 0.6) is 0 Å². The molecule has 1 heterocycles. The number of hydrogen-bond donors (Lipinski definition) is 1. The van der Waals surface area contributed by atoms with E-state index in [-0.39, 0.29) is 17.7 Å². The minimum Gasteiger partial charge on any atom is -0.366 e. The first-order valence-corrected chi connectivity index (χ1v) is 7.83. The molecule has 1 aromatic rings. The maximum Gasteiger partial charge on any atom is 0.248 e. The van der Waals surface area contributed by atoms with E-state index >= 15 is 0 Å². The zero-order chi connectivity index (χ0) is 15.9. The van der Waals surface area contributed by atoms with Crippen molar-refractivity contribution in [1.29, 1.82) is 0 Å². The summed E-state index contributed by atoms with van der Waals surface area (Å²) >= 11 is 0. The molecule has 0 atom stereocenters. The van der Waals surface area contributed by atoms with Gasteiger partial charge in [0, 0.05) is 30.6 Å². The summed E-state index contributed by atoms with van der Waals surface area (Å²) < 4.78 is 0. The fraction of sp³-hybridized carbons (Fsp3) is 0.529. The number of nitrogens with two attached hydrogens (primary N) is 1. The molecule has 0 radical (unpaired) electrons. The van der Waals surface area contributed by atoms with Crippen LogP contribution in [0.15, 0.2) is 18.2 Å². The molecule has 5 heteroatoms. The number of primary amides is 1. The van der Waals surface area contributed by atoms with E-state index in [0.717, 1.165) is 24.0 Å². The molecule has 1 aromatic carbocycles. The number of rotatable bonds is 3. The van der Waals surface area contributed by atoms with Crippen LogP contribution in [-0.4, -0.2) is 48.3 Å². The second kappa shape index (κ2) is 5.72. The molecule has 0 bridgehead atoms. The van der Waals surface area contributed by atoms with Crippen molar-refractivity contribution in [3.8, 4) is 0 Å². The van der Waals surface area contributed by atoms with Crippen LogP contribution in [0.2, 0.25) is 0 Å². The van der Waals surface area contributed by atoms with Crippen molar-refractivity contribution in [2.24, 2.45) is 11.7 Å². The number of benzene rings is 1. The summed E-state index contributed by atoms with van der Waals surface area (Å²) in [6.45, 7) is 1.28. The van der Waals surface area contributed by atoms with E-state index in [4.69, 9.17) is 5.73 Å². The van der Waals surface area contributed by atoms with E-state index < -0.39 is 0 Å². The normalized spacial score (nSPS) is 23.9. The minimum absolute atomic E-state index is 0.160. The Kier molecular flexibility index (Phi) is 3.91. The molecule has 1 aliphatic heterocycles. The predicted octanol–water partition coefficient (Wildman–Crippen LogP) is 1.01. The third-order valence-electron chi connectivity index (χ3n) is 5.04. The van der Waals surface area contributed by atoms with Gasteiger partial charge in [0.15, 0.2) is 0 Å². The summed E-state index contributed by atoms with van der Waals surface area (Å²) in [6.07, 6.45) is 2.62. The monoisotopic (exact) mass is 301 g/mol. The van der Waals surface area contributed by atoms with Crippen molar-refractivity contribution >= 4 is 11.8 Å². The Morgan fingerprint density at radius 2 is 2.00 bits per heavy atom. The van der Waals surface area contributed by atoms with E-state index in [0.29, 0.717) is 31.1 Å². The zero-order valence-electron chi connectivity index (χ0n) is 13.2. The lowest BCUT2D eigenvalue weighted by atomic mass is 9.78. The van der Waals surface area contributed by atoms with E-state index in [1.54, 1.807) is 6.07 Å². The molecule has 5 nitrogen and oxygen atoms in total. The van der Waals surface area contributed by atoms with Gasteiger partial charge in [-0.2, -0.15) is 0 Å². The minimum atomic E-state index is -0.385. The van der Waals surface area contributed by atoms with Crippen LogP contribution in [0.25, 0.3) is 0 Å². The molecule has 2 amide bonds. The number of hydrogen-bond acceptors (Lipinski definition) is 3. The number of fused-ring (bicyclic) bond motifs is 1. The van der Waals surface area contributed by atoms with Gasteiger partial charge in [0.1, 0.15) is 0 Å². The Morgan fingerprint density at radius 1 is 1.27 bits per heavy atom. The second-order valence-corrected chi connectivity index (χ2v) is 6.60. The van der Waals surface area contributed by atoms with Gasteiger partial charge in [-0.05, 0) is 50.6 Å². The highest BCUT2D eigenvalue weighted by molar-refractivity contribution is 5.94. The Morgan fingerprint density at radius 3 is 2.64 bits per heavy atom. The number of amides is 2. The summed E-state index contributed by atoms with van der Waals surface area (Å²) in [5, 5.41) is 0. The molecule has 2 N–H and O–H groups in total. The summed E-state index contributed by atoms with van der Waals surface area (Å²) in [6, 6.07) is 6.14. The predicted molar refractivity (Wildman–Crippen MR) is 84.3 cm³/mol. The summed E-state index contributed by atoms with van der Waals surface area (Å²) in [4.78, 5) is 28.2. The molecule has 22 heavy (non-hydrogen) atoms. The lowest BCUT2D eigenvalue weighted by Gasteiger charge is -2.42. The first-order valence-electron chi connectivity index (χ1n) is 7.83. The highest BCUT2D eigenvalue weighted by atomic mass is 16.2. The first kappa shape index (κ1) is 15.0. The summed E-state index contributed by atoms with van der Waals surface area (Å²) in [5.74, 6) is 0.0333. The summed E-state index contributed by atoms with van der Waals surface area (Å²) in [7, 11) is 4.13. The Balaban J connectivity index is 1.69. The number of carbonyl (C=O) groups is 2. The van der Waals surface area contributed by atoms with Crippen molar-refractivity contribution in [3.05, 3.63) is 34.9 Å². The Labute approximate surface area is 131 Å². The zero-order valence-corrected chi connectivity index (χ0v) is 13.2. The van der Waals surface area contributed by atoms with E-state index in [9.17, 15) is 9.59 Å². The highest BCUT2D eigenvalue weighted by Gasteiger charge is 2.38. The molecule has 2 aliphatic rings. The first-order chi connectivity index (χ1) is 10.5. The van der Waals surface area contributed by atoms with Gasteiger partial charge in [-0.3, -0.25) is 9.59 Å². The number of nitrogens with zero attached hydrogens (tertiary/aromatic N) is 2. The maximum absolute atomic E-state index is 12.6. The van der Waals surface area contributed by atoms with Crippen LogP contribution >= 0.6 is 0 Å². The van der Waals surface area contributed by atoms with E-state index in [2.05, 4.69) is 19.0 Å². The van der Waals surface area contributed by atoms with Crippen molar-refractivity contribution in [2.75, 3.05) is 20.6 Å². The molecule has 1 aliphatic carbocycles. The van der Waals surface area contributed by atoms with Gasteiger partial charge < -0.3 is 15.5 Å². The van der Waals surface area contributed by atoms with Crippen molar-refractivity contribution in [3.63, 3.8) is 0 Å². The Bertz CT molecular complexity index is 606. The average molecular weight is 301 g/mol. The molecule has 0 unspecified atom stereocenters. The third-order valence-corrected chi connectivity index (χ3v) is 5.04. The lowest BCUT2D eigenvalue weighted by molar-refractivity contribution is -0.141. The quantitative estimate of drug-likeness (QED) is 0.906. The van der Waals surface area contributed by atoms with Crippen molar-refractivity contribution in [1.82, 2.24) is 9.80 Å². The average Bonchev–Trinajstić information content (AvgIpc) is 2.43. The van der Waals surface area contributed by atoms with Crippen LogP contribution in [-0.2, 0) is 17.8 Å². The maximum atomic E-state index is 12.6. The largest absolute Gasteiger partial charge is 0.366 e. The molecule has 1 saturated carbocycles. The molecule has 118 valence electrons. The van der Waals surface area contributed by atoms with E-state index in [1.165, 1.54) is 0 Å². The lowest BCUT2D eigenvalue weighted by Crippen LogP contribution is -2.49. The topological polar surface area (TPSA) is 66.6 Å². The van der Waals surface area contributed by atoms with Gasteiger partial charge in [-0.1, -0.05) is 12.1 Å². The van der Waals surface area contributed by atoms with Gasteiger partial charge in [0.2, 0.25) is 11.8 Å². The van der Waals surface area contributed by atoms with Crippen LogP contribution < -0.4 is 5.73 Å². The van der Waals surface area contributed by atoms with Gasteiger partial charge in [0.05, 0.1) is 0 Å². The second-order valence-electron chi connectivity index (χ2n) is 6.60. The van der Waals surface area contributed by atoms with Crippen LogP contribution in [0, 0.1) is 5.92 Å². The molecular weight excluding hydrogens is 278 g/mol. The van der Waals surface area contributed by atoms with Crippen molar-refractivity contribution < 1.29 is 9.59 Å². The SMILES string of the molecule is CN(C)C1CC(C(=O)N2CCc3c(cccc3C(N)=O)C2)C1. The standard InChI is InChI=1S/C17H23N3O2/c1-19(2)13-8-12(9-13)17(22)20-7-6-14-11(10-20)4-3-5-15(14)16(18)21/h3-5,12-13H,6-10H2,1-2H3,(H2,18,21). The van der Waals surface area contributed by atoms with Crippen LogP contribution in [0.3, 0.4) is 0 Å². The fourth-order valence-electron chi connectivity index (χ4n) is 3.50. The van der Waals surface area contributed by atoms with Crippen molar-refractivity contribution in [2.45, 2.75) is 31.8 Å². The molecule has 0 spiro atoms. The van der Waals surface area contributed by atoms with Gasteiger partial charge in [0.25, 0.3) is 0 Å². The fourth-order valence-corrected chi connectivity index (χ4v) is 3.50. The van der Waals surface area contributed by atoms with Gasteiger partial charge in [-0.25, -0.2) is 0 Å². The molecule has 0 saturated heterocycles. The molecule has 1 fully saturated rings. The highest BCUT2D eigenvalue weighted by Crippen LogP contribution is 2.33. The molecule has 0 aromatic heterocycles. The van der Waals surface area contributed by atoms with Crippen LogP contribution in [0.1, 0.15) is 34.3 Å². The molecular formula is C17H23N3O2. The summed E-state index contributed by atoms with van der Waals surface area (Å²) in [5.41, 5.74) is 8.10. The smallest absolute Gasteiger partial charge is 0.248 e.